The first kappa shape index (κ1) is 7.74. The number of rotatable bonds is 2. The Balaban J connectivity index is 2.36. The molecule has 1 fully saturated rings. The van der Waals surface area contributed by atoms with Gasteiger partial charge in [-0.25, -0.2) is 4.39 Å². The van der Waals surface area contributed by atoms with Crippen LogP contribution in [0.3, 0.4) is 0 Å². The minimum Gasteiger partial charge on any atom is -0.326 e. The second-order valence-corrected chi connectivity index (χ2v) is 3.33. The predicted octanol–water partition coefficient (Wildman–Crippen LogP) is 2.16. The van der Waals surface area contributed by atoms with Crippen molar-refractivity contribution in [3.05, 3.63) is 35.1 Å². The maximum atomic E-state index is 13.2. The quantitative estimate of drug-likeness (QED) is 0.714. The van der Waals surface area contributed by atoms with Gasteiger partial charge in [-0.05, 0) is 36.0 Å². The van der Waals surface area contributed by atoms with Crippen LogP contribution in [0, 0.1) is 5.82 Å². The van der Waals surface area contributed by atoms with E-state index in [2.05, 4.69) is 0 Å². The first-order valence-electron chi connectivity index (χ1n) is 4.29. The maximum absolute atomic E-state index is 13.2. The van der Waals surface area contributed by atoms with Crippen molar-refractivity contribution in [2.45, 2.75) is 25.3 Å². The largest absolute Gasteiger partial charge is 0.326 e. The van der Waals surface area contributed by atoms with E-state index in [-0.39, 0.29) is 5.82 Å². The van der Waals surface area contributed by atoms with Crippen molar-refractivity contribution < 1.29 is 4.39 Å². The van der Waals surface area contributed by atoms with Gasteiger partial charge >= 0.3 is 0 Å². The van der Waals surface area contributed by atoms with Crippen molar-refractivity contribution in [1.82, 2.24) is 0 Å². The molecule has 0 saturated heterocycles. The van der Waals surface area contributed by atoms with E-state index in [1.165, 1.54) is 6.07 Å². The molecule has 12 heavy (non-hydrogen) atoms. The minimum absolute atomic E-state index is 0.0744. The lowest BCUT2D eigenvalue weighted by Gasteiger charge is -2.02. The summed E-state index contributed by atoms with van der Waals surface area (Å²) in [6.45, 7) is 0.500. The highest BCUT2D eigenvalue weighted by Crippen LogP contribution is 2.41. The lowest BCUT2D eigenvalue weighted by molar-refractivity contribution is 0.610. The molecule has 0 heterocycles. The van der Waals surface area contributed by atoms with Gasteiger partial charge in [-0.2, -0.15) is 0 Å². The molecule has 1 aliphatic carbocycles. The van der Waals surface area contributed by atoms with Gasteiger partial charge in [0.15, 0.2) is 0 Å². The Bertz CT molecular complexity index is 292. The Hall–Kier alpha value is -0.890. The number of nitrogens with two attached hydrogens (primary N) is 1. The summed E-state index contributed by atoms with van der Waals surface area (Å²) in [5, 5.41) is 0. The Morgan fingerprint density at radius 2 is 2.17 bits per heavy atom. The molecule has 0 atom stereocenters. The van der Waals surface area contributed by atoms with E-state index < -0.39 is 0 Å². The summed E-state index contributed by atoms with van der Waals surface area (Å²) in [7, 11) is 0. The first-order valence-corrected chi connectivity index (χ1v) is 4.29. The Morgan fingerprint density at radius 1 is 1.42 bits per heavy atom. The van der Waals surface area contributed by atoms with Gasteiger partial charge < -0.3 is 5.73 Å². The molecule has 0 aromatic heterocycles. The van der Waals surface area contributed by atoms with Gasteiger partial charge in [0.05, 0.1) is 0 Å². The fraction of sp³-hybridized carbons (Fsp3) is 0.400. The second kappa shape index (κ2) is 2.87. The average Bonchev–Trinajstić information content (AvgIpc) is 2.88. The summed E-state index contributed by atoms with van der Waals surface area (Å²) in [6, 6.07) is 5.17. The van der Waals surface area contributed by atoms with Gasteiger partial charge in [-0.15, -0.1) is 0 Å². The van der Waals surface area contributed by atoms with Gasteiger partial charge in [0.2, 0.25) is 0 Å². The van der Waals surface area contributed by atoms with Crippen molar-refractivity contribution in [2.75, 3.05) is 0 Å². The number of hydrogen-bond donors (Lipinski definition) is 1. The molecule has 64 valence electrons. The molecule has 0 radical (unpaired) electrons. The van der Waals surface area contributed by atoms with Crippen LogP contribution in [0.2, 0.25) is 0 Å². The Kier molecular flexibility index (Phi) is 1.85. The van der Waals surface area contributed by atoms with Crippen LogP contribution >= 0.6 is 0 Å². The number of hydrogen-bond acceptors (Lipinski definition) is 1. The first-order chi connectivity index (χ1) is 5.81. The molecule has 1 aromatic rings. The van der Waals surface area contributed by atoms with E-state index in [1.54, 1.807) is 6.07 Å². The molecule has 2 N–H and O–H groups in total. The molecule has 0 spiro atoms. The van der Waals surface area contributed by atoms with Crippen LogP contribution in [0.15, 0.2) is 18.2 Å². The van der Waals surface area contributed by atoms with E-state index in [0.29, 0.717) is 12.5 Å². The van der Waals surface area contributed by atoms with Gasteiger partial charge in [-0.3, -0.25) is 0 Å². The van der Waals surface area contributed by atoms with Crippen molar-refractivity contribution >= 4 is 0 Å². The Labute approximate surface area is 71.4 Å². The normalized spacial score (nSPS) is 16.5. The van der Waals surface area contributed by atoms with Crippen LogP contribution < -0.4 is 5.73 Å². The van der Waals surface area contributed by atoms with Crippen LogP contribution in [-0.4, -0.2) is 0 Å². The topological polar surface area (TPSA) is 26.0 Å². The molecule has 2 heteroatoms. The molecule has 1 nitrogen and oxygen atoms in total. The number of benzene rings is 1. The average molecular weight is 165 g/mol. The molecule has 0 amide bonds. The highest BCUT2D eigenvalue weighted by atomic mass is 19.1. The molecule has 1 saturated carbocycles. The van der Waals surface area contributed by atoms with Crippen molar-refractivity contribution in [3.63, 3.8) is 0 Å². The van der Waals surface area contributed by atoms with Gasteiger partial charge in [-0.1, -0.05) is 12.1 Å². The van der Waals surface area contributed by atoms with Crippen molar-refractivity contribution in [3.8, 4) is 0 Å². The van der Waals surface area contributed by atoms with Crippen molar-refractivity contribution in [1.29, 1.82) is 0 Å². The molecule has 1 aliphatic rings. The molecule has 0 bridgehead atoms. The van der Waals surface area contributed by atoms with Gasteiger partial charge in [0.25, 0.3) is 0 Å². The third-order valence-electron chi connectivity index (χ3n) is 2.31. The van der Waals surface area contributed by atoms with E-state index in [4.69, 9.17) is 5.73 Å². The summed E-state index contributed by atoms with van der Waals surface area (Å²) < 4.78 is 13.2. The van der Waals surface area contributed by atoms with Crippen LogP contribution in [-0.2, 0) is 6.54 Å². The standard InChI is InChI=1S/C10H12FN/c11-10-4-1-7(6-12)5-9(10)8-2-3-8/h1,4-5,8H,2-3,6,12H2. The zero-order chi connectivity index (χ0) is 8.55. The van der Waals surface area contributed by atoms with E-state index in [9.17, 15) is 4.39 Å². The Morgan fingerprint density at radius 3 is 2.75 bits per heavy atom. The van der Waals surface area contributed by atoms with E-state index >= 15 is 0 Å². The summed E-state index contributed by atoms with van der Waals surface area (Å²) in [5.74, 6) is 0.395. The smallest absolute Gasteiger partial charge is 0.126 e. The van der Waals surface area contributed by atoms with E-state index in [0.717, 1.165) is 24.0 Å². The maximum Gasteiger partial charge on any atom is 0.126 e. The zero-order valence-electron chi connectivity index (χ0n) is 6.89. The lowest BCUT2D eigenvalue weighted by atomic mass is 10.1. The molecular formula is C10H12FN. The highest BCUT2D eigenvalue weighted by molar-refractivity contribution is 5.30. The van der Waals surface area contributed by atoms with Crippen molar-refractivity contribution in [2.24, 2.45) is 5.73 Å². The van der Waals surface area contributed by atoms with Crippen LogP contribution in [0.5, 0.6) is 0 Å². The number of halogens is 1. The second-order valence-electron chi connectivity index (χ2n) is 3.33. The molecule has 2 rings (SSSR count). The van der Waals surface area contributed by atoms with E-state index in [1.807, 2.05) is 6.07 Å². The lowest BCUT2D eigenvalue weighted by Crippen LogP contribution is -1.98. The molecular weight excluding hydrogens is 153 g/mol. The summed E-state index contributed by atoms with van der Waals surface area (Å²) in [5.41, 5.74) is 7.35. The predicted molar refractivity (Wildman–Crippen MR) is 46.3 cm³/mol. The monoisotopic (exact) mass is 165 g/mol. The van der Waals surface area contributed by atoms with Crippen LogP contribution in [0.1, 0.15) is 29.9 Å². The molecule has 0 aliphatic heterocycles. The SMILES string of the molecule is NCc1ccc(F)c(C2CC2)c1. The third kappa shape index (κ3) is 1.34. The zero-order valence-corrected chi connectivity index (χ0v) is 6.89. The van der Waals surface area contributed by atoms with Gasteiger partial charge in [0.1, 0.15) is 5.82 Å². The van der Waals surface area contributed by atoms with Gasteiger partial charge in [0, 0.05) is 6.54 Å². The molecule has 0 unspecified atom stereocenters. The minimum atomic E-state index is -0.0744. The molecule has 1 aromatic carbocycles. The van der Waals surface area contributed by atoms with Crippen LogP contribution in [0.4, 0.5) is 4.39 Å². The fourth-order valence-corrected chi connectivity index (χ4v) is 1.43. The third-order valence-corrected chi connectivity index (χ3v) is 2.31. The fourth-order valence-electron chi connectivity index (χ4n) is 1.43. The van der Waals surface area contributed by atoms with Crippen LogP contribution in [0.25, 0.3) is 0 Å². The highest BCUT2D eigenvalue weighted by Gasteiger charge is 2.26. The summed E-state index contributed by atoms with van der Waals surface area (Å²) in [6.07, 6.45) is 2.26. The summed E-state index contributed by atoms with van der Waals surface area (Å²) in [4.78, 5) is 0. The summed E-state index contributed by atoms with van der Waals surface area (Å²) >= 11 is 0.